The minimum atomic E-state index is -1.18. The zero-order valence-corrected chi connectivity index (χ0v) is 10.2. The average molecular weight is 239 g/mol. The third-order valence-electron chi connectivity index (χ3n) is 3.32. The lowest BCUT2D eigenvalue weighted by Gasteiger charge is -2.41. The van der Waals surface area contributed by atoms with E-state index < -0.39 is 23.3 Å². The summed E-state index contributed by atoms with van der Waals surface area (Å²) in [6.45, 7) is 4.44. The van der Waals surface area contributed by atoms with E-state index in [2.05, 4.69) is 5.32 Å². The molecule has 2 saturated heterocycles. The van der Waals surface area contributed by atoms with E-state index in [0.717, 1.165) is 24.3 Å². The van der Waals surface area contributed by atoms with E-state index in [0.29, 0.717) is 13.1 Å². The van der Waals surface area contributed by atoms with Gasteiger partial charge in [-0.15, -0.1) is 0 Å². The van der Waals surface area contributed by atoms with E-state index in [1.165, 1.54) is 13.8 Å². The zero-order chi connectivity index (χ0) is 12.6. The smallest absolute Gasteiger partial charge is 0.276 e. The molecule has 0 aromatic heterocycles. The first-order valence-electron chi connectivity index (χ1n) is 5.89. The molecule has 2 aliphatic rings. The molecule has 0 saturated carbocycles. The Hall–Kier alpha value is -1.43. The zero-order valence-electron chi connectivity index (χ0n) is 10.2. The third-order valence-corrected chi connectivity index (χ3v) is 3.32. The fourth-order valence-electron chi connectivity index (χ4n) is 2.09. The highest BCUT2D eigenvalue weighted by molar-refractivity contribution is 6.18. The van der Waals surface area contributed by atoms with Crippen molar-refractivity contribution in [1.29, 1.82) is 0 Å². The van der Waals surface area contributed by atoms with Crippen LogP contribution in [-0.4, -0.2) is 41.0 Å². The van der Waals surface area contributed by atoms with Crippen molar-refractivity contribution in [3.63, 3.8) is 0 Å². The van der Waals surface area contributed by atoms with Crippen molar-refractivity contribution in [3.8, 4) is 0 Å². The maximum Gasteiger partial charge on any atom is 0.345 e. The number of hydrogen-bond donors (Lipinski definition) is 1. The van der Waals surface area contributed by atoms with Crippen molar-refractivity contribution < 1.29 is 14.4 Å². The molecule has 6 nitrogen and oxygen atoms in total. The predicted molar refractivity (Wildman–Crippen MR) is 59.6 cm³/mol. The largest absolute Gasteiger partial charge is 0.345 e. The standard InChI is InChI=1S/C11H17N3O3/c1-11(2)8(15)12-10(17)14(9(11)16)13-6-4-3-5-7-13/h3-7H2,1-2H3,(H,12,15,17). The monoisotopic (exact) mass is 239 g/mol. The number of piperidine rings is 1. The van der Waals surface area contributed by atoms with Gasteiger partial charge in [-0.25, -0.2) is 9.80 Å². The van der Waals surface area contributed by atoms with Crippen molar-refractivity contribution in [1.82, 2.24) is 15.3 Å². The quantitative estimate of drug-likeness (QED) is 0.676. The minimum absolute atomic E-state index is 0.437. The molecule has 0 bridgehead atoms. The average Bonchev–Trinajstić information content (AvgIpc) is 2.28. The molecule has 1 N–H and O–H groups in total. The molecule has 2 fully saturated rings. The van der Waals surface area contributed by atoms with Gasteiger partial charge in [-0.1, -0.05) is 6.42 Å². The molecule has 0 spiro atoms. The van der Waals surface area contributed by atoms with Gasteiger partial charge in [-0.3, -0.25) is 14.9 Å². The van der Waals surface area contributed by atoms with Crippen LogP contribution in [0.3, 0.4) is 0 Å². The summed E-state index contributed by atoms with van der Waals surface area (Å²) >= 11 is 0. The molecule has 0 aliphatic carbocycles. The van der Waals surface area contributed by atoms with Gasteiger partial charge in [-0.2, -0.15) is 5.01 Å². The van der Waals surface area contributed by atoms with Gasteiger partial charge in [0.15, 0.2) is 0 Å². The number of nitrogens with zero attached hydrogens (tertiary/aromatic N) is 2. The Morgan fingerprint density at radius 3 is 2.24 bits per heavy atom. The summed E-state index contributed by atoms with van der Waals surface area (Å²) in [6, 6.07) is -0.624. The van der Waals surface area contributed by atoms with Crippen LogP contribution in [-0.2, 0) is 9.59 Å². The van der Waals surface area contributed by atoms with Crippen LogP contribution >= 0.6 is 0 Å². The molecule has 2 aliphatic heterocycles. The maximum absolute atomic E-state index is 12.2. The Morgan fingerprint density at radius 1 is 1.06 bits per heavy atom. The molecular weight excluding hydrogens is 222 g/mol. The van der Waals surface area contributed by atoms with Gasteiger partial charge < -0.3 is 0 Å². The van der Waals surface area contributed by atoms with Crippen molar-refractivity contribution in [3.05, 3.63) is 0 Å². The SMILES string of the molecule is CC1(C)C(=O)NC(=O)N(N2CCCCC2)C1=O. The highest BCUT2D eigenvalue weighted by atomic mass is 16.2. The first-order chi connectivity index (χ1) is 7.94. The van der Waals surface area contributed by atoms with Gasteiger partial charge in [0.25, 0.3) is 5.91 Å². The number of barbiturate groups is 1. The van der Waals surface area contributed by atoms with Crippen LogP contribution in [0, 0.1) is 5.41 Å². The Kier molecular flexibility index (Phi) is 2.91. The Labute approximate surface area is 99.9 Å². The van der Waals surface area contributed by atoms with Crippen LogP contribution < -0.4 is 5.32 Å². The summed E-state index contributed by atoms with van der Waals surface area (Å²) in [5.74, 6) is -0.964. The number of amides is 4. The molecule has 4 amide bonds. The van der Waals surface area contributed by atoms with Gasteiger partial charge in [0.05, 0.1) is 0 Å². The molecule has 2 heterocycles. The third kappa shape index (κ3) is 1.93. The number of nitrogens with one attached hydrogen (secondary N) is 1. The van der Waals surface area contributed by atoms with Crippen molar-refractivity contribution in [2.24, 2.45) is 5.41 Å². The lowest BCUT2D eigenvalue weighted by Crippen LogP contribution is -2.66. The van der Waals surface area contributed by atoms with Crippen LogP contribution in [0.4, 0.5) is 4.79 Å². The second kappa shape index (κ2) is 4.10. The molecule has 0 aromatic carbocycles. The fraction of sp³-hybridized carbons (Fsp3) is 0.727. The van der Waals surface area contributed by atoms with Gasteiger partial charge >= 0.3 is 6.03 Å². The lowest BCUT2D eigenvalue weighted by atomic mass is 9.89. The second-order valence-electron chi connectivity index (χ2n) is 5.02. The molecule has 2 rings (SSSR count). The summed E-state index contributed by atoms with van der Waals surface area (Å²) in [6.07, 6.45) is 3.04. The van der Waals surface area contributed by atoms with Gasteiger partial charge in [0, 0.05) is 13.1 Å². The molecule has 0 aromatic rings. The number of hydrogen-bond acceptors (Lipinski definition) is 4. The summed E-state index contributed by atoms with van der Waals surface area (Å²) in [7, 11) is 0. The molecule has 0 radical (unpaired) electrons. The number of carbonyl (C=O) groups excluding carboxylic acids is 3. The normalized spacial score (nSPS) is 26.0. The van der Waals surface area contributed by atoms with Crippen molar-refractivity contribution in [2.45, 2.75) is 33.1 Å². The molecular formula is C11H17N3O3. The Morgan fingerprint density at radius 2 is 1.65 bits per heavy atom. The van der Waals surface area contributed by atoms with Crippen LogP contribution in [0.1, 0.15) is 33.1 Å². The number of rotatable bonds is 1. The number of urea groups is 1. The molecule has 0 atom stereocenters. The van der Waals surface area contributed by atoms with E-state index in [1.807, 2.05) is 0 Å². The first kappa shape index (κ1) is 12.0. The lowest BCUT2D eigenvalue weighted by molar-refractivity contribution is -0.161. The van der Waals surface area contributed by atoms with E-state index in [-0.39, 0.29) is 0 Å². The van der Waals surface area contributed by atoms with Crippen molar-refractivity contribution in [2.75, 3.05) is 13.1 Å². The first-order valence-corrected chi connectivity index (χ1v) is 5.89. The van der Waals surface area contributed by atoms with Crippen molar-refractivity contribution >= 4 is 17.8 Å². The summed E-state index contributed by atoms with van der Waals surface area (Å²) < 4.78 is 0. The summed E-state index contributed by atoms with van der Waals surface area (Å²) in [4.78, 5) is 35.5. The van der Waals surface area contributed by atoms with E-state index >= 15 is 0 Å². The summed E-state index contributed by atoms with van der Waals surface area (Å²) in [5, 5.41) is 5.06. The topological polar surface area (TPSA) is 69.7 Å². The van der Waals surface area contributed by atoms with E-state index in [4.69, 9.17) is 0 Å². The highest BCUT2D eigenvalue weighted by Gasteiger charge is 2.49. The van der Waals surface area contributed by atoms with Gasteiger partial charge in [0.1, 0.15) is 5.41 Å². The van der Waals surface area contributed by atoms with Crippen LogP contribution in [0.2, 0.25) is 0 Å². The van der Waals surface area contributed by atoms with Gasteiger partial charge in [-0.05, 0) is 26.7 Å². The number of carbonyl (C=O) groups is 3. The van der Waals surface area contributed by atoms with Crippen LogP contribution in [0.15, 0.2) is 0 Å². The molecule has 94 valence electrons. The molecule has 0 unspecified atom stereocenters. The number of hydrazine groups is 1. The van der Waals surface area contributed by atoms with E-state index in [1.54, 1.807) is 5.01 Å². The predicted octanol–water partition coefficient (Wildman–Crippen LogP) is 0.492. The fourth-order valence-corrected chi connectivity index (χ4v) is 2.09. The van der Waals surface area contributed by atoms with E-state index in [9.17, 15) is 14.4 Å². The van der Waals surface area contributed by atoms with Crippen LogP contribution in [0.5, 0.6) is 0 Å². The second-order valence-corrected chi connectivity index (χ2v) is 5.02. The Bertz CT molecular complexity index is 372. The maximum atomic E-state index is 12.2. The van der Waals surface area contributed by atoms with Gasteiger partial charge in [0.2, 0.25) is 5.91 Å². The summed E-state index contributed by atoms with van der Waals surface area (Å²) in [5.41, 5.74) is -1.18. The van der Waals surface area contributed by atoms with Crippen LogP contribution in [0.25, 0.3) is 0 Å². The highest BCUT2D eigenvalue weighted by Crippen LogP contribution is 2.25. The minimum Gasteiger partial charge on any atom is -0.276 e. The molecule has 17 heavy (non-hydrogen) atoms. The number of imide groups is 2. The Balaban J connectivity index is 2.23. The molecule has 6 heteroatoms.